The standard InChI is InChI=1S/C22H28N10O14P2/c23-21-27-15-9(17(36)29-21)25-3-31(15)19-11(34)13(7(1-33)45-19)43-6-48(40,41)44-2-8-14(42-5-47(38)39)12(35)20(46-8)32-4-26-10-16(32)28-22(24)30-18(10)37/h3-4,7-8,11-14,19-20,33-35H,1-2,5-6H2,(H7-,23,24,27,28,29,30,36,37,38,39,40,41)/p+1. The number of aliphatic hydroxyl groups is 3. The molecule has 4 aromatic heterocycles. The molecule has 2 fully saturated rings. The summed E-state index contributed by atoms with van der Waals surface area (Å²) in [6.45, 7) is -1.41. The van der Waals surface area contributed by atoms with Crippen molar-refractivity contribution in [1.29, 1.82) is 0 Å². The summed E-state index contributed by atoms with van der Waals surface area (Å²) < 4.78 is 54.3. The molecular formula is C22H29N10O14P2+. The number of imidazole rings is 2. The van der Waals surface area contributed by atoms with Gasteiger partial charge in [0.15, 0.2) is 34.8 Å². The van der Waals surface area contributed by atoms with E-state index in [0.29, 0.717) is 0 Å². The molecule has 0 amide bonds. The Morgan fingerprint density at radius 3 is 1.92 bits per heavy atom. The number of rotatable bonds is 12. The van der Waals surface area contributed by atoms with Crippen LogP contribution in [0.1, 0.15) is 12.5 Å². The number of nitrogen functional groups attached to an aromatic ring is 2. The van der Waals surface area contributed by atoms with Gasteiger partial charge in [-0.15, -0.1) is 0 Å². The van der Waals surface area contributed by atoms with Crippen LogP contribution < -0.4 is 22.6 Å². The molecule has 6 rings (SSSR count). The molecule has 2 aliphatic rings. The van der Waals surface area contributed by atoms with E-state index in [1.54, 1.807) is 0 Å². The van der Waals surface area contributed by atoms with E-state index in [2.05, 4.69) is 29.9 Å². The number of aliphatic hydroxyl groups excluding tert-OH is 3. The van der Waals surface area contributed by atoms with E-state index in [9.17, 15) is 43.8 Å². The largest absolute Gasteiger partial charge is 0.534 e. The highest BCUT2D eigenvalue weighted by Gasteiger charge is 2.49. The first-order valence-corrected chi connectivity index (χ1v) is 17.0. The maximum atomic E-state index is 13.0. The van der Waals surface area contributed by atoms with E-state index in [-0.39, 0.29) is 34.2 Å². The zero-order chi connectivity index (χ0) is 34.5. The van der Waals surface area contributed by atoms with Gasteiger partial charge in [-0.1, -0.05) is 0 Å². The Bertz CT molecular complexity index is 2000. The van der Waals surface area contributed by atoms with Crippen molar-refractivity contribution in [3.05, 3.63) is 33.4 Å². The second-order valence-electron chi connectivity index (χ2n) is 10.7. The first-order chi connectivity index (χ1) is 22.8. The lowest BCUT2D eigenvalue weighted by molar-refractivity contribution is -0.0605. The van der Waals surface area contributed by atoms with Crippen LogP contribution in [-0.4, -0.2) is 127 Å². The molecule has 260 valence electrons. The predicted octanol–water partition coefficient (Wildman–Crippen LogP) is -3.45. The number of nitrogens with two attached hydrogens (primary N) is 2. The van der Waals surface area contributed by atoms with Crippen LogP contribution in [0.3, 0.4) is 0 Å². The molecule has 0 bridgehead atoms. The normalized spacial score (nSPS) is 29.1. The fraction of sp³-hybridized carbons (Fsp3) is 0.545. The lowest BCUT2D eigenvalue weighted by Gasteiger charge is -2.23. The number of nitrogens with zero attached hydrogens (tertiary/aromatic N) is 6. The van der Waals surface area contributed by atoms with Crippen LogP contribution in [0, 0.1) is 0 Å². The van der Waals surface area contributed by atoms with Crippen LogP contribution in [0.4, 0.5) is 11.9 Å². The summed E-state index contributed by atoms with van der Waals surface area (Å²) in [5.41, 5.74) is 9.59. The molecule has 10 unspecified atom stereocenters. The fourth-order valence-electron chi connectivity index (χ4n) is 5.41. The third-order valence-electron chi connectivity index (χ3n) is 7.50. The molecule has 26 heteroatoms. The van der Waals surface area contributed by atoms with Crippen LogP contribution in [0.25, 0.3) is 22.3 Å². The van der Waals surface area contributed by atoms with E-state index in [1.807, 2.05) is 0 Å². The maximum absolute atomic E-state index is 13.0. The molecule has 10 atom stereocenters. The summed E-state index contributed by atoms with van der Waals surface area (Å²) in [4.78, 5) is 64.6. The summed E-state index contributed by atoms with van der Waals surface area (Å²) in [6.07, 6.45) is -10.6. The van der Waals surface area contributed by atoms with Gasteiger partial charge in [0.1, 0.15) is 43.0 Å². The average molecular weight is 719 g/mol. The molecule has 0 saturated carbocycles. The van der Waals surface area contributed by atoms with Gasteiger partial charge in [0.25, 0.3) is 17.5 Å². The lowest BCUT2D eigenvalue weighted by Crippen LogP contribution is -2.37. The molecule has 0 radical (unpaired) electrons. The fourth-order valence-corrected chi connectivity index (χ4v) is 6.52. The number of ether oxygens (including phenoxy) is 4. The van der Waals surface area contributed by atoms with Crippen molar-refractivity contribution in [3.8, 4) is 0 Å². The van der Waals surface area contributed by atoms with Gasteiger partial charge in [-0.3, -0.25) is 33.3 Å². The first-order valence-electron chi connectivity index (χ1n) is 13.8. The number of H-pyrrole nitrogens is 2. The summed E-state index contributed by atoms with van der Waals surface area (Å²) in [5.74, 6) is -0.486. The van der Waals surface area contributed by atoms with Crippen LogP contribution in [0.5, 0.6) is 0 Å². The van der Waals surface area contributed by atoms with Gasteiger partial charge < -0.3 is 55.2 Å². The number of nitrogens with one attached hydrogen (secondary N) is 2. The van der Waals surface area contributed by atoms with Crippen molar-refractivity contribution in [1.82, 2.24) is 39.0 Å². The highest BCUT2D eigenvalue weighted by Crippen LogP contribution is 2.45. The summed E-state index contributed by atoms with van der Waals surface area (Å²) in [5, 5.41) is 31.9. The second-order valence-corrected chi connectivity index (χ2v) is 13.4. The number of hydrogen-bond acceptors (Lipinski definition) is 18. The Balaban J connectivity index is 1.14. The summed E-state index contributed by atoms with van der Waals surface area (Å²) >= 11 is 0. The van der Waals surface area contributed by atoms with Crippen molar-refractivity contribution in [2.45, 2.75) is 49.1 Å². The van der Waals surface area contributed by atoms with Gasteiger partial charge in [-0.2, -0.15) is 14.9 Å². The minimum absolute atomic E-state index is 0.0388. The second kappa shape index (κ2) is 13.3. The molecule has 24 nitrogen and oxygen atoms in total. The van der Waals surface area contributed by atoms with E-state index < -0.39 is 102 Å². The summed E-state index contributed by atoms with van der Waals surface area (Å²) in [6, 6.07) is 0. The van der Waals surface area contributed by atoms with Crippen molar-refractivity contribution in [2.24, 2.45) is 0 Å². The quantitative estimate of drug-likeness (QED) is 0.0642. The van der Waals surface area contributed by atoms with Crippen molar-refractivity contribution < 1.29 is 57.7 Å². The van der Waals surface area contributed by atoms with E-state index in [0.717, 1.165) is 12.7 Å². The molecule has 11 N–H and O–H groups in total. The molecule has 48 heavy (non-hydrogen) atoms. The minimum atomic E-state index is -4.69. The molecular weight excluding hydrogens is 690 g/mol. The monoisotopic (exact) mass is 719 g/mol. The number of anilines is 2. The number of hydrogen-bond donors (Lipinski definition) is 9. The third-order valence-corrected chi connectivity index (χ3v) is 8.89. The topological polar surface area (TPSA) is 361 Å². The van der Waals surface area contributed by atoms with E-state index in [1.165, 1.54) is 9.13 Å². The van der Waals surface area contributed by atoms with Gasteiger partial charge in [-0.05, 0) is 4.57 Å². The van der Waals surface area contributed by atoms with Gasteiger partial charge in [0.05, 0.1) is 25.9 Å². The van der Waals surface area contributed by atoms with E-state index >= 15 is 0 Å². The number of aromatic amines is 2. The van der Waals surface area contributed by atoms with E-state index in [4.69, 9.17) is 34.9 Å². The molecule has 2 aliphatic heterocycles. The maximum Gasteiger partial charge on any atom is 0.534 e. The van der Waals surface area contributed by atoms with Crippen molar-refractivity contribution >= 4 is 49.8 Å². The van der Waals surface area contributed by atoms with Gasteiger partial charge >= 0.3 is 15.6 Å². The van der Waals surface area contributed by atoms with Gasteiger partial charge in [0.2, 0.25) is 11.9 Å². The van der Waals surface area contributed by atoms with Crippen LogP contribution in [0.2, 0.25) is 0 Å². The predicted molar refractivity (Wildman–Crippen MR) is 157 cm³/mol. The Labute approximate surface area is 266 Å². The average Bonchev–Trinajstić information content (AvgIpc) is 3.77. The molecule has 2 saturated heterocycles. The third kappa shape index (κ3) is 6.48. The van der Waals surface area contributed by atoms with Crippen molar-refractivity contribution in [3.63, 3.8) is 0 Å². The van der Waals surface area contributed by atoms with Crippen LogP contribution in [-0.2, 0) is 32.6 Å². The zero-order valence-electron chi connectivity index (χ0n) is 24.2. The zero-order valence-corrected chi connectivity index (χ0v) is 26.0. The summed E-state index contributed by atoms with van der Waals surface area (Å²) in [7, 11) is -7.51. The molecule has 0 aliphatic carbocycles. The minimum Gasteiger partial charge on any atom is -0.394 e. The lowest BCUT2D eigenvalue weighted by atomic mass is 10.1. The smallest absolute Gasteiger partial charge is 0.394 e. The van der Waals surface area contributed by atoms with Gasteiger partial charge in [0, 0.05) is 0 Å². The van der Waals surface area contributed by atoms with Gasteiger partial charge in [-0.25, -0.2) is 9.97 Å². The van der Waals surface area contributed by atoms with Crippen LogP contribution in [0.15, 0.2) is 22.2 Å². The number of fused-ring (bicyclic) bond motifs is 2. The Morgan fingerprint density at radius 1 is 0.917 bits per heavy atom. The molecule has 4 aromatic rings. The highest BCUT2D eigenvalue weighted by molar-refractivity contribution is 7.52. The first kappa shape index (κ1) is 34.1. The molecule has 0 aromatic carbocycles. The van der Waals surface area contributed by atoms with Crippen LogP contribution >= 0.6 is 15.6 Å². The highest BCUT2D eigenvalue weighted by atomic mass is 31.2. The number of aromatic nitrogens is 8. The molecule has 0 spiro atoms. The SMILES string of the molecule is Nc1nc2c(ncn2C2OC(CO)C(OCP(=O)(O)OCC3OC(n4cnc5c(=O)[nH]c(N)nc54)C(O)C3OC[P+](=O)O)C2O)c(=O)[nH]1. The Morgan fingerprint density at radius 2 is 1.42 bits per heavy atom. The Kier molecular flexibility index (Phi) is 9.43. The Hall–Kier alpha value is -3.77. The van der Waals surface area contributed by atoms with Crippen molar-refractivity contribution in [2.75, 3.05) is 37.4 Å². The molecule has 6 heterocycles.